The topological polar surface area (TPSA) is 55.6 Å². The van der Waals surface area contributed by atoms with E-state index in [4.69, 9.17) is 10.5 Å². The predicted molar refractivity (Wildman–Crippen MR) is 56.3 cm³/mol. The van der Waals surface area contributed by atoms with Gasteiger partial charge in [-0.2, -0.15) is 0 Å². The second kappa shape index (κ2) is 3.05. The number of fused-ring (bicyclic) bond motifs is 1. The van der Waals surface area contributed by atoms with Crippen molar-refractivity contribution in [1.29, 1.82) is 0 Å². The fraction of sp³-hybridized carbons (Fsp3) is 0.917. The first kappa shape index (κ1) is 9.79. The Labute approximate surface area is 90.4 Å². The van der Waals surface area contributed by atoms with E-state index in [1.54, 1.807) is 0 Å². The number of carbonyl (C=O) groups is 1. The van der Waals surface area contributed by atoms with Crippen LogP contribution in [0.25, 0.3) is 0 Å². The molecule has 84 valence electrons. The highest BCUT2D eigenvalue weighted by Gasteiger charge is 2.51. The molecule has 2 N–H and O–H groups in total. The first-order valence-electron chi connectivity index (χ1n) is 6.02. The van der Waals surface area contributed by atoms with Gasteiger partial charge in [0.25, 0.3) is 0 Å². The van der Waals surface area contributed by atoms with Gasteiger partial charge in [0, 0.05) is 0 Å². The Morgan fingerprint density at radius 1 is 1.47 bits per heavy atom. The zero-order valence-electron chi connectivity index (χ0n) is 9.24. The Bertz CT molecular complexity index is 288. The summed E-state index contributed by atoms with van der Waals surface area (Å²) < 4.78 is 5.14. The average molecular weight is 209 g/mol. The zero-order valence-corrected chi connectivity index (χ0v) is 9.24. The quantitative estimate of drug-likeness (QED) is 0.706. The van der Waals surface area contributed by atoms with Gasteiger partial charge in [0.05, 0.1) is 12.6 Å². The van der Waals surface area contributed by atoms with Crippen molar-refractivity contribution in [3.8, 4) is 0 Å². The third-order valence-corrected chi connectivity index (χ3v) is 4.36. The molecule has 3 nitrogen and oxygen atoms in total. The summed E-state index contributed by atoms with van der Waals surface area (Å²) in [6, 6.07) is -0.292. The van der Waals surface area contributed by atoms with E-state index in [1.165, 1.54) is 19.3 Å². The van der Waals surface area contributed by atoms with Crippen molar-refractivity contribution in [2.75, 3.05) is 6.61 Å². The molecule has 0 radical (unpaired) electrons. The predicted octanol–water partition coefficient (Wildman–Crippen LogP) is 1.11. The number of hydrogen-bond acceptors (Lipinski definition) is 3. The number of ether oxygens (including phenoxy) is 1. The van der Waals surface area contributed by atoms with Crippen LogP contribution in [0.3, 0.4) is 0 Å². The summed E-state index contributed by atoms with van der Waals surface area (Å²) in [6.45, 7) is 2.41. The van der Waals surface area contributed by atoms with Crippen molar-refractivity contribution in [2.45, 2.75) is 44.2 Å². The van der Waals surface area contributed by atoms with Crippen LogP contribution in [0.15, 0.2) is 0 Å². The molecule has 1 saturated heterocycles. The number of nitrogens with two attached hydrogens (primary N) is 1. The molecular weight excluding hydrogens is 190 g/mol. The second-order valence-electron chi connectivity index (χ2n) is 5.82. The smallest absolute Gasteiger partial charge is 0.183 e. The van der Waals surface area contributed by atoms with E-state index in [9.17, 15) is 4.79 Å². The number of hydrogen-bond donors (Lipinski definition) is 1. The molecular formula is C12H19NO2. The molecule has 3 aliphatic rings. The first-order chi connectivity index (χ1) is 7.08. The summed E-state index contributed by atoms with van der Waals surface area (Å²) in [5, 5.41) is 0. The van der Waals surface area contributed by atoms with Crippen LogP contribution in [-0.2, 0) is 9.53 Å². The Morgan fingerprint density at radius 3 is 2.60 bits per heavy atom. The maximum Gasteiger partial charge on any atom is 0.183 e. The Hall–Kier alpha value is -0.410. The molecule has 3 rings (SSSR count). The molecule has 2 aliphatic carbocycles. The summed E-state index contributed by atoms with van der Waals surface area (Å²) in [6.07, 6.45) is 4.93. The summed E-state index contributed by atoms with van der Waals surface area (Å²) in [5.41, 5.74) is 5.43. The monoisotopic (exact) mass is 209 g/mol. The van der Waals surface area contributed by atoms with E-state index in [0.29, 0.717) is 12.5 Å². The van der Waals surface area contributed by atoms with Crippen LogP contribution >= 0.6 is 0 Å². The highest BCUT2D eigenvalue weighted by atomic mass is 16.6. The summed E-state index contributed by atoms with van der Waals surface area (Å²) >= 11 is 0. The van der Waals surface area contributed by atoms with E-state index in [2.05, 4.69) is 0 Å². The minimum atomic E-state index is -0.527. The van der Waals surface area contributed by atoms with Crippen LogP contribution in [0.5, 0.6) is 0 Å². The van der Waals surface area contributed by atoms with Gasteiger partial charge in [-0.15, -0.1) is 0 Å². The lowest BCUT2D eigenvalue weighted by Gasteiger charge is -2.18. The fourth-order valence-corrected chi connectivity index (χ4v) is 3.14. The van der Waals surface area contributed by atoms with Crippen molar-refractivity contribution >= 4 is 5.78 Å². The summed E-state index contributed by atoms with van der Waals surface area (Å²) in [7, 11) is 0. The number of Topliss-reactive ketones (excluding diaryl/α,β-unsaturated/α-hetero) is 1. The number of rotatable bonds is 4. The molecule has 0 bridgehead atoms. The van der Waals surface area contributed by atoms with Gasteiger partial charge >= 0.3 is 0 Å². The Kier molecular flexibility index (Phi) is 1.99. The van der Waals surface area contributed by atoms with Gasteiger partial charge in [-0.1, -0.05) is 0 Å². The van der Waals surface area contributed by atoms with Crippen molar-refractivity contribution in [3.05, 3.63) is 0 Å². The van der Waals surface area contributed by atoms with E-state index < -0.39 is 5.60 Å². The van der Waals surface area contributed by atoms with E-state index in [1.807, 2.05) is 6.92 Å². The molecule has 0 amide bonds. The lowest BCUT2D eigenvalue weighted by molar-refractivity contribution is -0.125. The van der Waals surface area contributed by atoms with Gasteiger partial charge in [-0.25, -0.2) is 0 Å². The SMILES string of the molecule is C[C@@]1(C(=O)[C@@H](N)CC2C[C@@H]3C[C@@H]3C2)CO1. The normalized spacial score (nSPS) is 48.5. The van der Waals surface area contributed by atoms with Gasteiger partial charge in [0.15, 0.2) is 5.78 Å². The lowest BCUT2D eigenvalue weighted by Crippen LogP contribution is -2.40. The van der Waals surface area contributed by atoms with Gasteiger partial charge in [-0.3, -0.25) is 4.79 Å². The van der Waals surface area contributed by atoms with Gasteiger partial charge in [0.1, 0.15) is 5.60 Å². The molecule has 0 spiro atoms. The number of ketones is 1. The van der Waals surface area contributed by atoms with Crippen molar-refractivity contribution in [3.63, 3.8) is 0 Å². The minimum Gasteiger partial charge on any atom is -0.362 e. The highest BCUT2D eigenvalue weighted by molar-refractivity contribution is 5.93. The maximum absolute atomic E-state index is 11.9. The van der Waals surface area contributed by atoms with Gasteiger partial charge < -0.3 is 10.5 Å². The van der Waals surface area contributed by atoms with Crippen LogP contribution in [0, 0.1) is 17.8 Å². The van der Waals surface area contributed by atoms with Crippen molar-refractivity contribution in [2.24, 2.45) is 23.5 Å². The molecule has 5 atom stereocenters. The molecule has 1 unspecified atom stereocenters. The van der Waals surface area contributed by atoms with Crippen LogP contribution in [0.4, 0.5) is 0 Å². The van der Waals surface area contributed by atoms with E-state index in [0.717, 1.165) is 18.3 Å². The summed E-state index contributed by atoms with van der Waals surface area (Å²) in [5.74, 6) is 2.77. The van der Waals surface area contributed by atoms with Crippen LogP contribution in [-0.4, -0.2) is 24.0 Å². The number of carbonyl (C=O) groups excluding carboxylic acids is 1. The molecule has 2 saturated carbocycles. The van der Waals surface area contributed by atoms with Crippen molar-refractivity contribution < 1.29 is 9.53 Å². The van der Waals surface area contributed by atoms with Crippen LogP contribution in [0.1, 0.15) is 32.6 Å². The third kappa shape index (κ3) is 1.72. The Balaban J connectivity index is 1.52. The number of epoxide rings is 1. The first-order valence-corrected chi connectivity index (χ1v) is 6.02. The zero-order chi connectivity index (χ0) is 10.6. The van der Waals surface area contributed by atoms with E-state index >= 15 is 0 Å². The Morgan fingerprint density at radius 2 is 2.07 bits per heavy atom. The van der Waals surface area contributed by atoms with E-state index in [-0.39, 0.29) is 11.8 Å². The van der Waals surface area contributed by atoms with Crippen LogP contribution in [0.2, 0.25) is 0 Å². The second-order valence-corrected chi connectivity index (χ2v) is 5.82. The third-order valence-electron chi connectivity index (χ3n) is 4.36. The average Bonchev–Trinajstić information content (AvgIpc) is 3.08. The lowest BCUT2D eigenvalue weighted by atomic mass is 9.90. The molecule has 1 heterocycles. The molecule has 3 fully saturated rings. The van der Waals surface area contributed by atoms with Crippen LogP contribution < -0.4 is 5.73 Å². The fourth-order valence-electron chi connectivity index (χ4n) is 3.14. The molecule has 3 heteroatoms. The standard InChI is InChI=1S/C12H19NO2/c1-12(6-15-12)11(14)10(13)4-7-2-8-5-9(8)3-7/h7-10H,2-6,13H2,1H3/t7?,8-,9+,10-,12-/m0/s1. The maximum atomic E-state index is 11.9. The summed E-state index contributed by atoms with van der Waals surface area (Å²) in [4.78, 5) is 11.9. The molecule has 0 aromatic heterocycles. The van der Waals surface area contributed by atoms with Gasteiger partial charge in [-0.05, 0) is 50.4 Å². The minimum absolute atomic E-state index is 0.114. The largest absolute Gasteiger partial charge is 0.362 e. The van der Waals surface area contributed by atoms with Crippen molar-refractivity contribution in [1.82, 2.24) is 0 Å². The van der Waals surface area contributed by atoms with Gasteiger partial charge in [0.2, 0.25) is 0 Å². The molecule has 0 aromatic rings. The highest BCUT2D eigenvalue weighted by Crippen LogP contribution is 2.55. The molecule has 0 aromatic carbocycles. The molecule has 1 aliphatic heterocycles. The molecule has 15 heavy (non-hydrogen) atoms.